The van der Waals surface area contributed by atoms with Crippen molar-refractivity contribution < 1.29 is 9.53 Å². The monoisotopic (exact) mass is 274 g/mol. The molecular weight excluding hydrogens is 248 g/mol. The van der Waals surface area contributed by atoms with Crippen molar-refractivity contribution in [3.8, 4) is 0 Å². The molecule has 1 aliphatic rings. The molecule has 1 saturated heterocycles. The Morgan fingerprint density at radius 1 is 1.50 bits per heavy atom. The number of ether oxygens (including phenoxy) is 1. The number of rotatable bonds is 5. The summed E-state index contributed by atoms with van der Waals surface area (Å²) in [6.07, 6.45) is 3.06. The zero-order chi connectivity index (χ0) is 13.8. The van der Waals surface area contributed by atoms with Gasteiger partial charge in [-0.15, -0.1) is 0 Å². The molecule has 0 radical (unpaired) electrons. The van der Waals surface area contributed by atoms with Crippen LogP contribution in [0, 0.1) is 0 Å². The lowest BCUT2D eigenvalue weighted by atomic mass is 10.1. The first-order valence-electron chi connectivity index (χ1n) is 6.58. The van der Waals surface area contributed by atoms with Crippen LogP contribution in [0.15, 0.2) is 0 Å². The molecule has 0 aromatic heterocycles. The fourth-order valence-electron chi connectivity index (χ4n) is 1.88. The van der Waals surface area contributed by atoms with Gasteiger partial charge in [0.15, 0.2) is 0 Å². The molecule has 5 heteroatoms. The Hall–Kier alpha value is -0.420. The summed E-state index contributed by atoms with van der Waals surface area (Å²) in [6.45, 7) is 9.40. The molecule has 1 heterocycles. The minimum Gasteiger partial charge on any atom is -0.444 e. The van der Waals surface area contributed by atoms with Crippen LogP contribution in [-0.4, -0.2) is 53.8 Å². The third-order valence-electron chi connectivity index (χ3n) is 2.87. The molecule has 1 aliphatic heterocycles. The molecule has 0 bridgehead atoms. The van der Waals surface area contributed by atoms with E-state index in [2.05, 4.69) is 18.5 Å². The predicted octanol–water partition coefficient (Wildman–Crippen LogP) is 2.34. The van der Waals surface area contributed by atoms with Crippen LogP contribution < -0.4 is 5.32 Å². The molecule has 1 atom stereocenters. The van der Waals surface area contributed by atoms with Gasteiger partial charge in [0.25, 0.3) is 0 Å². The Morgan fingerprint density at radius 2 is 2.11 bits per heavy atom. The van der Waals surface area contributed by atoms with E-state index in [1.54, 1.807) is 4.90 Å². The molecule has 1 fully saturated rings. The smallest absolute Gasteiger partial charge is 0.410 e. The normalized spacial score (nSPS) is 18.4. The Bertz CT molecular complexity index is 273. The van der Waals surface area contributed by atoms with Crippen molar-refractivity contribution in [2.75, 3.05) is 25.1 Å². The highest BCUT2D eigenvalue weighted by molar-refractivity contribution is 7.98. The number of hydrogen-bond donors (Lipinski definition) is 1. The summed E-state index contributed by atoms with van der Waals surface area (Å²) >= 11 is 1.86. The summed E-state index contributed by atoms with van der Waals surface area (Å²) in [6, 6.07) is 0.973. The van der Waals surface area contributed by atoms with Crippen LogP contribution in [0.4, 0.5) is 4.79 Å². The highest BCUT2D eigenvalue weighted by Crippen LogP contribution is 2.16. The van der Waals surface area contributed by atoms with Crippen LogP contribution in [0.2, 0.25) is 0 Å². The van der Waals surface area contributed by atoms with Crippen LogP contribution in [-0.2, 0) is 4.74 Å². The van der Waals surface area contributed by atoms with Crippen LogP contribution in [0.25, 0.3) is 0 Å². The first-order chi connectivity index (χ1) is 8.35. The number of amides is 1. The van der Waals surface area contributed by atoms with Crippen molar-refractivity contribution in [1.29, 1.82) is 0 Å². The molecule has 1 unspecified atom stereocenters. The van der Waals surface area contributed by atoms with E-state index in [0.29, 0.717) is 12.1 Å². The van der Waals surface area contributed by atoms with E-state index in [1.165, 1.54) is 0 Å². The van der Waals surface area contributed by atoms with E-state index in [-0.39, 0.29) is 6.09 Å². The summed E-state index contributed by atoms with van der Waals surface area (Å²) in [5.74, 6) is 1.12. The summed E-state index contributed by atoms with van der Waals surface area (Å²) in [5.41, 5.74) is -0.402. The van der Waals surface area contributed by atoms with E-state index >= 15 is 0 Å². The van der Waals surface area contributed by atoms with Gasteiger partial charge in [-0.2, -0.15) is 11.8 Å². The zero-order valence-corrected chi connectivity index (χ0v) is 13.0. The van der Waals surface area contributed by atoms with Gasteiger partial charge < -0.3 is 15.0 Å². The summed E-state index contributed by atoms with van der Waals surface area (Å²) < 4.78 is 5.32. The Labute approximate surface area is 115 Å². The van der Waals surface area contributed by atoms with Gasteiger partial charge in [-0.25, -0.2) is 4.79 Å². The number of carbonyl (C=O) groups is 1. The number of nitrogens with zero attached hydrogens (tertiary/aromatic N) is 1. The zero-order valence-electron chi connectivity index (χ0n) is 12.2. The lowest BCUT2D eigenvalue weighted by molar-refractivity contribution is 0.00438. The molecule has 0 aromatic carbocycles. The van der Waals surface area contributed by atoms with Crippen molar-refractivity contribution >= 4 is 17.9 Å². The molecule has 1 rings (SSSR count). The minimum absolute atomic E-state index is 0.196. The van der Waals surface area contributed by atoms with Crippen molar-refractivity contribution in [3.63, 3.8) is 0 Å². The van der Waals surface area contributed by atoms with Gasteiger partial charge in [0.05, 0.1) is 0 Å². The van der Waals surface area contributed by atoms with E-state index in [1.807, 2.05) is 32.5 Å². The Kier molecular flexibility index (Phi) is 5.79. The Balaban J connectivity index is 2.25. The molecule has 1 N–H and O–H groups in total. The van der Waals surface area contributed by atoms with Gasteiger partial charge in [-0.1, -0.05) is 6.92 Å². The average Bonchev–Trinajstić information content (AvgIpc) is 2.18. The molecule has 0 saturated carbocycles. The first kappa shape index (κ1) is 15.6. The third kappa shape index (κ3) is 5.06. The molecule has 0 spiro atoms. The summed E-state index contributed by atoms with van der Waals surface area (Å²) in [7, 11) is 0. The second-order valence-corrected chi connectivity index (χ2v) is 6.72. The van der Waals surface area contributed by atoms with Gasteiger partial charge in [-0.05, 0) is 33.4 Å². The molecule has 0 aliphatic carbocycles. The van der Waals surface area contributed by atoms with Gasteiger partial charge in [0.1, 0.15) is 5.60 Å². The first-order valence-corrected chi connectivity index (χ1v) is 7.98. The quantitative estimate of drug-likeness (QED) is 0.835. The van der Waals surface area contributed by atoms with Gasteiger partial charge >= 0.3 is 6.09 Å². The standard InChI is InChI=1S/C13H26N2O2S/c1-6-10(9-18-5)14-11-7-15(8-11)12(16)17-13(2,3)4/h10-11,14H,6-9H2,1-5H3. The molecule has 18 heavy (non-hydrogen) atoms. The highest BCUT2D eigenvalue weighted by atomic mass is 32.2. The van der Waals surface area contributed by atoms with E-state index in [0.717, 1.165) is 25.3 Å². The molecular formula is C13H26N2O2S. The fourth-order valence-corrected chi connectivity index (χ4v) is 2.61. The average molecular weight is 274 g/mol. The molecule has 1 amide bonds. The van der Waals surface area contributed by atoms with E-state index < -0.39 is 5.60 Å². The topological polar surface area (TPSA) is 41.6 Å². The van der Waals surface area contributed by atoms with Crippen LogP contribution in [0.3, 0.4) is 0 Å². The maximum absolute atomic E-state index is 11.7. The maximum Gasteiger partial charge on any atom is 0.410 e. The second kappa shape index (κ2) is 6.66. The highest BCUT2D eigenvalue weighted by Gasteiger charge is 2.34. The Morgan fingerprint density at radius 3 is 2.56 bits per heavy atom. The number of carbonyl (C=O) groups excluding carboxylic acids is 1. The number of nitrogens with one attached hydrogen (secondary N) is 1. The maximum atomic E-state index is 11.7. The minimum atomic E-state index is -0.402. The third-order valence-corrected chi connectivity index (χ3v) is 3.60. The molecule has 4 nitrogen and oxygen atoms in total. The SMILES string of the molecule is CCC(CSC)NC1CN(C(=O)OC(C)(C)C)C1. The number of likely N-dealkylation sites (tertiary alicyclic amines) is 1. The number of thioether (sulfide) groups is 1. The lowest BCUT2D eigenvalue weighted by Crippen LogP contribution is -2.62. The fraction of sp³-hybridized carbons (Fsp3) is 0.923. The van der Waals surface area contributed by atoms with E-state index in [4.69, 9.17) is 4.74 Å². The second-order valence-electron chi connectivity index (χ2n) is 5.81. The predicted molar refractivity (Wildman–Crippen MR) is 77.2 cm³/mol. The van der Waals surface area contributed by atoms with Crippen molar-refractivity contribution in [1.82, 2.24) is 10.2 Å². The van der Waals surface area contributed by atoms with Gasteiger partial charge in [-0.3, -0.25) is 0 Å². The van der Waals surface area contributed by atoms with Crippen LogP contribution in [0.5, 0.6) is 0 Å². The summed E-state index contributed by atoms with van der Waals surface area (Å²) in [4.78, 5) is 13.5. The van der Waals surface area contributed by atoms with Crippen molar-refractivity contribution in [2.24, 2.45) is 0 Å². The van der Waals surface area contributed by atoms with Gasteiger partial charge in [0.2, 0.25) is 0 Å². The lowest BCUT2D eigenvalue weighted by Gasteiger charge is -2.41. The van der Waals surface area contributed by atoms with Gasteiger partial charge in [0, 0.05) is 30.9 Å². The van der Waals surface area contributed by atoms with Crippen molar-refractivity contribution in [2.45, 2.75) is 51.8 Å². The van der Waals surface area contributed by atoms with Crippen LogP contribution >= 0.6 is 11.8 Å². The molecule has 106 valence electrons. The van der Waals surface area contributed by atoms with E-state index in [9.17, 15) is 4.79 Å². The summed E-state index contributed by atoms with van der Waals surface area (Å²) in [5, 5.41) is 3.58. The van der Waals surface area contributed by atoms with Crippen LogP contribution in [0.1, 0.15) is 34.1 Å². The number of hydrogen-bond acceptors (Lipinski definition) is 4. The van der Waals surface area contributed by atoms with Crippen molar-refractivity contribution in [3.05, 3.63) is 0 Å². The molecule has 0 aromatic rings. The largest absolute Gasteiger partial charge is 0.444 e.